The molecule has 1 aliphatic heterocycles. The van der Waals surface area contributed by atoms with E-state index in [-0.39, 0.29) is 17.9 Å². The molecule has 6 heteroatoms. The normalized spacial score (nSPS) is 18.9. The van der Waals surface area contributed by atoms with E-state index < -0.39 is 5.60 Å². The van der Waals surface area contributed by atoms with Gasteiger partial charge in [-0.25, -0.2) is 4.79 Å². The van der Waals surface area contributed by atoms with E-state index in [0.29, 0.717) is 18.7 Å². The van der Waals surface area contributed by atoms with Crippen LogP contribution in [0.5, 0.6) is 0 Å². The zero-order chi connectivity index (χ0) is 16.2. The fourth-order valence-electron chi connectivity index (χ4n) is 2.46. The molecule has 1 saturated heterocycles. The summed E-state index contributed by atoms with van der Waals surface area (Å²) < 4.78 is 5.41. The Morgan fingerprint density at radius 3 is 2.86 bits per heavy atom. The first-order valence-electron chi connectivity index (χ1n) is 7.63. The second-order valence-electron chi connectivity index (χ2n) is 6.66. The Morgan fingerprint density at radius 2 is 2.23 bits per heavy atom. The van der Waals surface area contributed by atoms with Crippen molar-refractivity contribution in [2.45, 2.75) is 39.2 Å². The SMILES string of the molecule is CC(C)(C)OC(=O)N1CCCC(CNC(=O)c2ccsc2)C1. The van der Waals surface area contributed by atoms with Gasteiger partial charge in [-0.3, -0.25) is 4.79 Å². The van der Waals surface area contributed by atoms with Crippen LogP contribution in [0.1, 0.15) is 44.0 Å². The van der Waals surface area contributed by atoms with Crippen LogP contribution in [0.3, 0.4) is 0 Å². The largest absolute Gasteiger partial charge is 0.444 e. The van der Waals surface area contributed by atoms with Gasteiger partial charge in [0.15, 0.2) is 0 Å². The maximum atomic E-state index is 12.1. The van der Waals surface area contributed by atoms with E-state index in [0.717, 1.165) is 19.4 Å². The second-order valence-corrected chi connectivity index (χ2v) is 7.44. The fourth-order valence-corrected chi connectivity index (χ4v) is 3.09. The van der Waals surface area contributed by atoms with Gasteiger partial charge >= 0.3 is 6.09 Å². The Hall–Kier alpha value is -1.56. The van der Waals surface area contributed by atoms with E-state index in [1.54, 1.807) is 4.90 Å². The molecule has 5 nitrogen and oxygen atoms in total. The van der Waals surface area contributed by atoms with Crippen LogP contribution in [0.2, 0.25) is 0 Å². The first kappa shape index (κ1) is 16.8. The van der Waals surface area contributed by atoms with Crippen LogP contribution in [0.25, 0.3) is 0 Å². The van der Waals surface area contributed by atoms with Gasteiger partial charge in [-0.2, -0.15) is 11.3 Å². The van der Waals surface area contributed by atoms with E-state index in [1.165, 1.54) is 11.3 Å². The molecule has 1 fully saturated rings. The summed E-state index contributed by atoms with van der Waals surface area (Å²) in [6.07, 6.45) is 1.70. The highest BCUT2D eigenvalue weighted by molar-refractivity contribution is 7.08. The zero-order valence-corrected chi connectivity index (χ0v) is 14.2. The topological polar surface area (TPSA) is 58.6 Å². The molecule has 0 aromatic carbocycles. The standard InChI is InChI=1S/C16H24N2O3S/c1-16(2,3)21-15(20)18-7-4-5-12(10-18)9-17-14(19)13-6-8-22-11-13/h6,8,11-12H,4-5,7,9-10H2,1-3H3,(H,17,19). The molecule has 2 rings (SSSR count). The number of ether oxygens (including phenoxy) is 1. The number of hydrogen-bond donors (Lipinski definition) is 1. The van der Waals surface area contributed by atoms with Gasteiger partial charge in [-0.1, -0.05) is 0 Å². The van der Waals surface area contributed by atoms with Crippen molar-refractivity contribution in [3.05, 3.63) is 22.4 Å². The first-order valence-corrected chi connectivity index (χ1v) is 8.58. The van der Waals surface area contributed by atoms with E-state index in [4.69, 9.17) is 4.74 Å². The van der Waals surface area contributed by atoms with Gasteiger partial charge in [0.1, 0.15) is 5.60 Å². The summed E-state index contributed by atoms with van der Waals surface area (Å²) in [6.45, 7) is 7.56. The van der Waals surface area contributed by atoms with Crippen LogP contribution in [-0.2, 0) is 4.74 Å². The molecule has 2 amide bonds. The van der Waals surface area contributed by atoms with E-state index in [1.807, 2.05) is 37.6 Å². The van der Waals surface area contributed by atoms with Crippen LogP contribution in [0.15, 0.2) is 16.8 Å². The molecule has 1 aromatic rings. The molecule has 1 unspecified atom stereocenters. The monoisotopic (exact) mass is 324 g/mol. The van der Waals surface area contributed by atoms with Crippen LogP contribution < -0.4 is 5.32 Å². The highest BCUT2D eigenvalue weighted by atomic mass is 32.1. The number of likely N-dealkylation sites (tertiary alicyclic amines) is 1. The third kappa shape index (κ3) is 5.02. The summed E-state index contributed by atoms with van der Waals surface area (Å²) in [5, 5.41) is 6.68. The Kier molecular flexibility index (Phi) is 5.45. The molecule has 0 aliphatic carbocycles. The number of carbonyl (C=O) groups excluding carboxylic acids is 2. The van der Waals surface area contributed by atoms with Crippen molar-refractivity contribution >= 4 is 23.3 Å². The van der Waals surface area contributed by atoms with Gasteiger partial charge < -0.3 is 15.0 Å². The van der Waals surface area contributed by atoms with Crippen LogP contribution in [0.4, 0.5) is 4.79 Å². The predicted octanol–water partition coefficient (Wildman–Crippen LogP) is 3.13. The molecule has 1 aliphatic rings. The highest BCUT2D eigenvalue weighted by Crippen LogP contribution is 2.19. The molecule has 0 radical (unpaired) electrons. The molecule has 0 spiro atoms. The van der Waals surface area contributed by atoms with Crippen molar-refractivity contribution in [3.8, 4) is 0 Å². The van der Waals surface area contributed by atoms with E-state index in [2.05, 4.69) is 5.32 Å². The van der Waals surface area contributed by atoms with Crippen molar-refractivity contribution < 1.29 is 14.3 Å². The molecule has 22 heavy (non-hydrogen) atoms. The molecular formula is C16H24N2O3S. The minimum atomic E-state index is -0.475. The summed E-state index contributed by atoms with van der Waals surface area (Å²) in [7, 11) is 0. The number of amides is 2. The van der Waals surface area contributed by atoms with Crippen molar-refractivity contribution in [1.29, 1.82) is 0 Å². The maximum Gasteiger partial charge on any atom is 0.410 e. The number of hydrogen-bond acceptors (Lipinski definition) is 4. The first-order chi connectivity index (χ1) is 10.3. The third-order valence-electron chi connectivity index (χ3n) is 3.51. The lowest BCUT2D eigenvalue weighted by molar-refractivity contribution is 0.0167. The maximum absolute atomic E-state index is 12.1. The Bertz CT molecular complexity index is 508. The summed E-state index contributed by atoms with van der Waals surface area (Å²) >= 11 is 1.51. The van der Waals surface area contributed by atoms with E-state index >= 15 is 0 Å². The lowest BCUT2D eigenvalue weighted by Gasteiger charge is -2.34. The van der Waals surface area contributed by atoms with Gasteiger partial charge in [0, 0.05) is 30.6 Å². The average molecular weight is 324 g/mol. The van der Waals surface area contributed by atoms with Crippen molar-refractivity contribution in [1.82, 2.24) is 10.2 Å². The highest BCUT2D eigenvalue weighted by Gasteiger charge is 2.27. The van der Waals surface area contributed by atoms with E-state index in [9.17, 15) is 9.59 Å². The Balaban J connectivity index is 1.80. The van der Waals surface area contributed by atoms with Crippen molar-refractivity contribution in [2.24, 2.45) is 5.92 Å². The Labute approximate surface area is 135 Å². The van der Waals surface area contributed by atoms with Gasteiger partial charge in [0.05, 0.1) is 0 Å². The number of piperidine rings is 1. The molecule has 122 valence electrons. The quantitative estimate of drug-likeness (QED) is 0.929. The summed E-state index contributed by atoms with van der Waals surface area (Å²) in [6, 6.07) is 1.81. The number of nitrogens with zero attached hydrogens (tertiary/aromatic N) is 1. The van der Waals surface area contributed by atoms with Crippen LogP contribution in [0, 0.1) is 5.92 Å². The average Bonchev–Trinajstić information content (AvgIpc) is 2.97. The zero-order valence-electron chi connectivity index (χ0n) is 13.4. The minimum absolute atomic E-state index is 0.0457. The number of carbonyl (C=O) groups is 2. The lowest BCUT2D eigenvalue weighted by Crippen LogP contribution is -2.45. The molecule has 2 heterocycles. The third-order valence-corrected chi connectivity index (χ3v) is 4.19. The van der Waals surface area contributed by atoms with Gasteiger partial charge in [0.25, 0.3) is 5.91 Å². The van der Waals surface area contributed by atoms with Crippen LogP contribution in [-0.4, -0.2) is 42.1 Å². The van der Waals surface area contributed by atoms with Gasteiger partial charge in [-0.15, -0.1) is 0 Å². The van der Waals surface area contributed by atoms with Gasteiger partial charge in [-0.05, 0) is 51.0 Å². The minimum Gasteiger partial charge on any atom is -0.444 e. The molecule has 0 saturated carbocycles. The molecule has 0 bridgehead atoms. The number of rotatable bonds is 3. The molecule has 1 atom stereocenters. The summed E-state index contributed by atoms with van der Waals surface area (Å²) in [5.74, 6) is 0.236. The smallest absolute Gasteiger partial charge is 0.410 e. The molecule has 1 N–H and O–H groups in total. The molecular weight excluding hydrogens is 300 g/mol. The van der Waals surface area contributed by atoms with Crippen molar-refractivity contribution in [3.63, 3.8) is 0 Å². The Morgan fingerprint density at radius 1 is 1.45 bits per heavy atom. The summed E-state index contributed by atoms with van der Waals surface area (Å²) in [4.78, 5) is 25.8. The number of nitrogens with one attached hydrogen (secondary N) is 1. The molecule has 1 aromatic heterocycles. The predicted molar refractivity (Wildman–Crippen MR) is 87.2 cm³/mol. The van der Waals surface area contributed by atoms with Crippen LogP contribution >= 0.6 is 11.3 Å². The van der Waals surface area contributed by atoms with Crippen molar-refractivity contribution in [2.75, 3.05) is 19.6 Å². The summed E-state index contributed by atoms with van der Waals surface area (Å²) in [5.41, 5.74) is 0.224. The number of thiophene rings is 1. The second kappa shape index (κ2) is 7.13. The lowest BCUT2D eigenvalue weighted by atomic mass is 9.98. The van der Waals surface area contributed by atoms with Gasteiger partial charge in [0.2, 0.25) is 0 Å². The fraction of sp³-hybridized carbons (Fsp3) is 0.625.